The first kappa shape index (κ1) is 19.5. The number of aryl methyl sites for hydroxylation is 2. The number of rotatable bonds is 4. The van der Waals surface area contributed by atoms with Crippen molar-refractivity contribution >= 4 is 22.7 Å². The van der Waals surface area contributed by atoms with Gasteiger partial charge in [0, 0.05) is 16.5 Å². The third kappa shape index (κ3) is 3.85. The Labute approximate surface area is 175 Å². The summed E-state index contributed by atoms with van der Waals surface area (Å²) in [6, 6.07) is 22.0. The number of carbonyl (C=O) groups excluding carboxylic acids is 2. The molecule has 0 unspecified atom stereocenters. The van der Waals surface area contributed by atoms with E-state index in [1.54, 1.807) is 30.3 Å². The quantitative estimate of drug-likeness (QED) is 0.244. The van der Waals surface area contributed by atoms with Gasteiger partial charge in [0.2, 0.25) is 0 Å². The van der Waals surface area contributed by atoms with Crippen molar-refractivity contribution in [2.24, 2.45) is 0 Å². The fourth-order valence-corrected chi connectivity index (χ4v) is 3.31. The molecule has 148 valence electrons. The van der Waals surface area contributed by atoms with Gasteiger partial charge in [0.25, 0.3) is 0 Å². The lowest BCUT2D eigenvalue weighted by Gasteiger charge is -2.11. The molecule has 0 amide bonds. The molecular weight excluding hydrogens is 374 g/mol. The molecule has 0 aliphatic rings. The molecule has 3 aromatic carbocycles. The van der Waals surface area contributed by atoms with Crippen LogP contribution in [0.15, 0.2) is 72.8 Å². The van der Waals surface area contributed by atoms with Crippen LogP contribution in [0.4, 0.5) is 0 Å². The summed E-state index contributed by atoms with van der Waals surface area (Å²) in [4.78, 5) is 29.2. The first-order valence-corrected chi connectivity index (χ1v) is 9.73. The Morgan fingerprint density at radius 3 is 2.27 bits per heavy atom. The molecule has 4 aromatic rings. The largest absolute Gasteiger partial charge is 0.423 e. The van der Waals surface area contributed by atoms with Gasteiger partial charge < -0.3 is 4.74 Å². The van der Waals surface area contributed by atoms with E-state index in [9.17, 15) is 9.59 Å². The lowest BCUT2D eigenvalue weighted by atomic mass is 10.0. The Hall–Kier alpha value is -3.79. The van der Waals surface area contributed by atoms with Crippen molar-refractivity contribution in [2.45, 2.75) is 20.8 Å². The highest BCUT2D eigenvalue weighted by Crippen LogP contribution is 2.27. The molecule has 1 heterocycles. The fraction of sp³-hybridized carbons (Fsp3) is 0.115. The van der Waals surface area contributed by atoms with Crippen LogP contribution < -0.4 is 4.74 Å². The van der Waals surface area contributed by atoms with Gasteiger partial charge in [0.15, 0.2) is 5.78 Å². The van der Waals surface area contributed by atoms with Gasteiger partial charge in [-0.25, -0.2) is 9.78 Å². The summed E-state index contributed by atoms with van der Waals surface area (Å²) in [7, 11) is 0. The number of carbonyl (C=O) groups is 2. The van der Waals surface area contributed by atoms with Crippen LogP contribution in [0.25, 0.3) is 22.2 Å². The van der Waals surface area contributed by atoms with Crippen LogP contribution in [0.2, 0.25) is 0 Å². The first-order valence-electron chi connectivity index (χ1n) is 9.73. The monoisotopic (exact) mass is 395 g/mol. The van der Waals surface area contributed by atoms with Crippen LogP contribution in [-0.4, -0.2) is 16.7 Å². The Balaban J connectivity index is 1.75. The normalized spacial score (nSPS) is 10.8. The number of pyridine rings is 1. The van der Waals surface area contributed by atoms with Crippen LogP contribution in [0.3, 0.4) is 0 Å². The minimum absolute atomic E-state index is 0.0361. The van der Waals surface area contributed by atoms with Crippen molar-refractivity contribution in [1.29, 1.82) is 0 Å². The maximum Gasteiger partial charge on any atom is 0.344 e. The number of hydrogen-bond donors (Lipinski definition) is 0. The van der Waals surface area contributed by atoms with Gasteiger partial charge in [-0.1, -0.05) is 30.3 Å². The average Bonchev–Trinajstić information content (AvgIpc) is 2.75. The summed E-state index contributed by atoms with van der Waals surface area (Å²) >= 11 is 0. The summed E-state index contributed by atoms with van der Waals surface area (Å²) in [6.45, 7) is 5.62. The zero-order valence-electron chi connectivity index (χ0n) is 17.1. The summed E-state index contributed by atoms with van der Waals surface area (Å²) in [6.07, 6.45) is 0. The van der Waals surface area contributed by atoms with Crippen molar-refractivity contribution in [2.75, 3.05) is 0 Å². The zero-order chi connectivity index (χ0) is 21.3. The number of benzene rings is 3. The Bertz CT molecular complexity index is 1270. The maximum atomic E-state index is 13.0. The molecule has 0 N–H and O–H groups in total. The first-order chi connectivity index (χ1) is 14.4. The van der Waals surface area contributed by atoms with Gasteiger partial charge in [-0.05, 0) is 74.4 Å². The predicted molar refractivity (Wildman–Crippen MR) is 118 cm³/mol. The van der Waals surface area contributed by atoms with Gasteiger partial charge in [-0.15, -0.1) is 0 Å². The van der Waals surface area contributed by atoms with E-state index >= 15 is 0 Å². The van der Waals surface area contributed by atoms with Crippen LogP contribution in [-0.2, 0) is 0 Å². The van der Waals surface area contributed by atoms with E-state index < -0.39 is 5.97 Å². The molecule has 4 nitrogen and oxygen atoms in total. The number of para-hydroxylation sites is 1. The van der Waals surface area contributed by atoms with E-state index in [0.717, 1.165) is 27.7 Å². The van der Waals surface area contributed by atoms with Crippen LogP contribution in [0.1, 0.15) is 38.8 Å². The standard InChI is InChI=1S/C26H21NO3/c1-16-8-9-20(14-17(16)2)25-15-23(22-6-4-5-7-24(22)27-25)26(29)30-21-12-10-19(11-13-21)18(3)28/h4-15H,1-3H3. The smallest absolute Gasteiger partial charge is 0.344 e. The maximum absolute atomic E-state index is 13.0. The number of nitrogens with zero attached hydrogens (tertiary/aromatic N) is 1. The molecule has 4 heteroatoms. The van der Waals surface area contributed by atoms with E-state index in [2.05, 4.69) is 26.0 Å². The van der Waals surface area contributed by atoms with Crippen molar-refractivity contribution in [3.8, 4) is 17.0 Å². The molecule has 30 heavy (non-hydrogen) atoms. The molecule has 0 aliphatic carbocycles. The number of ketones is 1. The van der Waals surface area contributed by atoms with Crippen molar-refractivity contribution in [3.63, 3.8) is 0 Å². The zero-order valence-corrected chi connectivity index (χ0v) is 17.1. The highest BCUT2D eigenvalue weighted by atomic mass is 16.5. The Morgan fingerprint density at radius 1 is 0.833 bits per heavy atom. The van der Waals surface area contributed by atoms with Crippen molar-refractivity contribution in [3.05, 3.63) is 95.1 Å². The molecule has 0 saturated carbocycles. The lowest BCUT2D eigenvalue weighted by molar-refractivity contribution is 0.0736. The van der Waals surface area contributed by atoms with Crippen LogP contribution in [0.5, 0.6) is 5.75 Å². The van der Waals surface area contributed by atoms with Gasteiger partial charge >= 0.3 is 5.97 Å². The van der Waals surface area contributed by atoms with Gasteiger partial charge in [-0.3, -0.25) is 4.79 Å². The highest BCUT2D eigenvalue weighted by Gasteiger charge is 2.16. The Morgan fingerprint density at radius 2 is 1.57 bits per heavy atom. The second-order valence-corrected chi connectivity index (χ2v) is 7.34. The summed E-state index contributed by atoms with van der Waals surface area (Å²) in [5, 5.41) is 0.732. The third-order valence-electron chi connectivity index (χ3n) is 5.21. The molecule has 0 saturated heterocycles. The summed E-state index contributed by atoms with van der Waals surface area (Å²) in [5.74, 6) is -0.112. The summed E-state index contributed by atoms with van der Waals surface area (Å²) < 4.78 is 5.60. The average molecular weight is 395 g/mol. The molecule has 0 atom stereocenters. The van der Waals surface area contributed by atoms with Crippen LogP contribution in [0, 0.1) is 13.8 Å². The third-order valence-corrected chi connectivity index (χ3v) is 5.21. The SMILES string of the molecule is CC(=O)c1ccc(OC(=O)c2cc(-c3ccc(C)c(C)c3)nc3ccccc23)cc1. The molecular formula is C26H21NO3. The second kappa shape index (κ2) is 7.91. The van der Waals surface area contributed by atoms with Crippen LogP contribution >= 0.6 is 0 Å². The number of Topliss-reactive ketones (excluding diaryl/α,β-unsaturated/α-hetero) is 1. The molecule has 0 bridgehead atoms. The van der Waals surface area contributed by atoms with E-state index in [1.165, 1.54) is 12.5 Å². The summed E-state index contributed by atoms with van der Waals surface area (Å²) in [5.41, 5.74) is 5.78. The molecule has 0 fully saturated rings. The predicted octanol–water partition coefficient (Wildman–Crippen LogP) is 5.94. The van der Waals surface area contributed by atoms with Crippen molar-refractivity contribution in [1.82, 2.24) is 4.98 Å². The molecule has 0 radical (unpaired) electrons. The highest BCUT2D eigenvalue weighted by molar-refractivity contribution is 6.05. The molecule has 1 aromatic heterocycles. The topological polar surface area (TPSA) is 56.3 Å². The van der Waals surface area contributed by atoms with Gasteiger partial charge in [0.1, 0.15) is 5.75 Å². The molecule has 0 aliphatic heterocycles. The van der Waals surface area contributed by atoms with Gasteiger partial charge in [0.05, 0.1) is 16.8 Å². The van der Waals surface area contributed by atoms with Gasteiger partial charge in [-0.2, -0.15) is 0 Å². The molecule has 0 spiro atoms. The molecule has 4 rings (SSSR count). The number of fused-ring (bicyclic) bond motifs is 1. The van der Waals surface area contributed by atoms with Crippen molar-refractivity contribution < 1.29 is 14.3 Å². The number of esters is 1. The second-order valence-electron chi connectivity index (χ2n) is 7.34. The number of ether oxygens (including phenoxy) is 1. The van der Waals surface area contributed by atoms with E-state index in [0.29, 0.717) is 16.9 Å². The minimum Gasteiger partial charge on any atom is -0.423 e. The fourth-order valence-electron chi connectivity index (χ4n) is 3.31. The van der Waals surface area contributed by atoms with E-state index in [1.807, 2.05) is 30.3 Å². The number of hydrogen-bond acceptors (Lipinski definition) is 4. The lowest BCUT2D eigenvalue weighted by Crippen LogP contribution is -2.10. The van der Waals surface area contributed by atoms with E-state index in [4.69, 9.17) is 9.72 Å². The number of aromatic nitrogens is 1. The van der Waals surface area contributed by atoms with E-state index in [-0.39, 0.29) is 5.78 Å². The Kier molecular flexibility index (Phi) is 5.15. The minimum atomic E-state index is -0.464.